The van der Waals surface area contributed by atoms with Gasteiger partial charge in [0.25, 0.3) is 0 Å². The summed E-state index contributed by atoms with van der Waals surface area (Å²) in [6.45, 7) is 0.525. The Morgan fingerprint density at radius 2 is 1.64 bits per heavy atom. The topological polar surface area (TPSA) is 122 Å². The molecule has 2 rings (SSSR count). The minimum Gasteiger partial charge on any atom is -0.438 e. The van der Waals surface area contributed by atoms with Crippen LogP contribution >= 0.6 is 0 Å². The number of hydrogen-bond donors (Lipinski definition) is 0. The van der Waals surface area contributed by atoms with Crippen molar-refractivity contribution in [2.75, 3.05) is 45.4 Å². The Bertz CT molecular complexity index is 884. The predicted octanol–water partition coefficient (Wildman–Crippen LogP) is 1.98. The van der Waals surface area contributed by atoms with Crippen molar-refractivity contribution in [1.82, 2.24) is 0 Å². The third-order valence-corrected chi connectivity index (χ3v) is 3.73. The maximum absolute atomic E-state index is 11.8. The fourth-order valence-electron chi connectivity index (χ4n) is 2.36. The number of carbonyl (C=O) groups is 3. The van der Waals surface area contributed by atoms with Gasteiger partial charge in [-0.1, -0.05) is 0 Å². The normalized spacial score (nSPS) is 10.2. The van der Waals surface area contributed by atoms with Gasteiger partial charge in [0.05, 0.1) is 27.3 Å². The fourth-order valence-corrected chi connectivity index (χ4v) is 2.36. The van der Waals surface area contributed by atoms with E-state index in [1.165, 1.54) is 20.3 Å². The zero-order valence-electron chi connectivity index (χ0n) is 15.3. The monoisotopic (exact) mass is 393 g/mol. The van der Waals surface area contributed by atoms with Crippen LogP contribution in [0.2, 0.25) is 0 Å². The van der Waals surface area contributed by atoms with Crippen LogP contribution in [-0.4, -0.2) is 59.1 Å². The third kappa shape index (κ3) is 5.47. The molecule has 28 heavy (non-hydrogen) atoms. The van der Waals surface area contributed by atoms with Crippen molar-refractivity contribution in [2.24, 2.45) is 0 Å². The zero-order valence-corrected chi connectivity index (χ0v) is 15.3. The first-order chi connectivity index (χ1) is 13.5. The lowest BCUT2D eigenvalue weighted by Crippen LogP contribution is -2.32. The maximum atomic E-state index is 11.8. The van der Waals surface area contributed by atoms with Crippen LogP contribution in [0.5, 0.6) is 0 Å². The molecule has 0 N–H and O–H groups in total. The summed E-state index contributed by atoms with van der Waals surface area (Å²) in [5.41, 5.74) is 0.0848. The van der Waals surface area contributed by atoms with E-state index in [1.807, 2.05) is 0 Å². The predicted molar refractivity (Wildman–Crippen MR) is 96.8 cm³/mol. The molecule has 0 spiro atoms. The van der Waals surface area contributed by atoms with Crippen LogP contribution in [0, 0.1) is 0 Å². The summed E-state index contributed by atoms with van der Waals surface area (Å²) in [5.74, 6) is 0. The molecular weight excluding hydrogens is 374 g/mol. The Hall–Kier alpha value is -3.56. The van der Waals surface area contributed by atoms with Gasteiger partial charge in [-0.2, -0.15) is 0 Å². The molecule has 0 aliphatic carbocycles. The lowest BCUT2D eigenvalue weighted by Gasteiger charge is -2.24. The Balaban J connectivity index is 2.21. The molecule has 10 heteroatoms. The molecule has 0 bridgehead atoms. The number of methoxy groups -OCH3 is 2. The van der Waals surface area contributed by atoms with Crippen LogP contribution in [0.25, 0.3) is 11.0 Å². The average Bonchev–Trinajstić information content (AvgIpc) is 2.71. The van der Waals surface area contributed by atoms with Crippen LogP contribution < -0.4 is 10.5 Å². The minimum atomic E-state index is -0.823. The highest BCUT2D eigenvalue weighted by Crippen LogP contribution is 2.22. The summed E-state index contributed by atoms with van der Waals surface area (Å²) < 4.78 is 23.8. The summed E-state index contributed by atoms with van der Waals surface area (Å²) in [5, 5.41) is 0.571. The first-order valence-electron chi connectivity index (χ1n) is 8.18. The van der Waals surface area contributed by atoms with Crippen molar-refractivity contribution >= 4 is 35.3 Å². The number of fused-ring (bicyclic) bond motifs is 1. The molecule has 1 heterocycles. The molecule has 0 saturated heterocycles. The molecule has 10 nitrogen and oxygen atoms in total. The van der Waals surface area contributed by atoms with Crippen LogP contribution in [0.1, 0.15) is 10.4 Å². The van der Waals surface area contributed by atoms with Crippen molar-refractivity contribution < 1.29 is 37.7 Å². The van der Waals surface area contributed by atoms with Gasteiger partial charge < -0.3 is 28.3 Å². The quantitative estimate of drug-likeness (QED) is 0.374. The summed E-state index contributed by atoms with van der Waals surface area (Å²) >= 11 is 0. The summed E-state index contributed by atoms with van der Waals surface area (Å²) in [4.78, 5) is 46.6. The number of nitrogens with zero attached hydrogens (tertiary/aromatic N) is 1. The Kier molecular flexibility index (Phi) is 7.37. The molecule has 0 aliphatic rings. The van der Waals surface area contributed by atoms with Gasteiger partial charge in [-0.15, -0.1) is 0 Å². The number of benzene rings is 1. The first-order valence-corrected chi connectivity index (χ1v) is 8.18. The summed E-state index contributed by atoms with van der Waals surface area (Å²) in [6, 6.07) is 6.44. The molecule has 0 fully saturated rings. The number of carbonyl (C=O) groups excluding carboxylic acids is 3. The minimum absolute atomic E-state index is 0.0109. The van der Waals surface area contributed by atoms with E-state index in [-0.39, 0.29) is 37.4 Å². The fraction of sp³-hybridized carbons (Fsp3) is 0.333. The van der Waals surface area contributed by atoms with Crippen molar-refractivity contribution in [2.45, 2.75) is 0 Å². The first kappa shape index (κ1) is 20.7. The summed E-state index contributed by atoms with van der Waals surface area (Å²) in [6.07, 6.45) is -1.21. The van der Waals surface area contributed by atoms with Crippen molar-refractivity contribution in [3.8, 4) is 0 Å². The number of ether oxygens (including phenoxy) is 4. The smallest absolute Gasteiger partial charge is 0.438 e. The molecule has 0 aliphatic heterocycles. The lowest BCUT2D eigenvalue weighted by atomic mass is 10.1. The standard InChI is InChI=1S/C18H19NO9/c1-24-17(22)26-7-5-19(6-8-27-18(23)25-2)14-4-3-12-9-13(11-20)16(21)28-15(12)10-14/h3-4,9-11H,5-8H2,1-2H3. The van der Waals surface area contributed by atoms with Gasteiger partial charge in [-0.25, -0.2) is 14.4 Å². The van der Waals surface area contributed by atoms with E-state index in [1.54, 1.807) is 23.1 Å². The number of rotatable bonds is 8. The van der Waals surface area contributed by atoms with Gasteiger partial charge in [-0.05, 0) is 18.2 Å². The largest absolute Gasteiger partial charge is 0.508 e. The highest BCUT2D eigenvalue weighted by Gasteiger charge is 2.13. The van der Waals surface area contributed by atoms with Gasteiger partial charge in [0.1, 0.15) is 24.4 Å². The molecule has 0 radical (unpaired) electrons. The van der Waals surface area contributed by atoms with Gasteiger partial charge in [0, 0.05) is 17.1 Å². The van der Waals surface area contributed by atoms with Gasteiger partial charge in [-0.3, -0.25) is 4.79 Å². The molecule has 150 valence electrons. The van der Waals surface area contributed by atoms with E-state index in [0.29, 0.717) is 17.4 Å². The second-order valence-corrected chi connectivity index (χ2v) is 5.42. The lowest BCUT2D eigenvalue weighted by molar-refractivity contribution is 0.0716. The van der Waals surface area contributed by atoms with E-state index in [2.05, 4.69) is 9.47 Å². The maximum Gasteiger partial charge on any atom is 0.508 e. The molecule has 2 aromatic rings. The molecule has 1 aromatic heterocycles. The van der Waals surface area contributed by atoms with Crippen LogP contribution in [0.15, 0.2) is 33.5 Å². The molecule has 0 amide bonds. The van der Waals surface area contributed by atoms with Crippen molar-refractivity contribution in [3.05, 3.63) is 40.2 Å². The SMILES string of the molecule is COC(=O)OCCN(CCOC(=O)OC)c1ccc2cc(C=O)c(=O)oc2c1. The van der Waals surface area contributed by atoms with E-state index in [4.69, 9.17) is 13.9 Å². The molecular formula is C18H19NO9. The van der Waals surface area contributed by atoms with Crippen LogP contribution in [0.4, 0.5) is 15.3 Å². The van der Waals surface area contributed by atoms with E-state index >= 15 is 0 Å². The van der Waals surface area contributed by atoms with Crippen molar-refractivity contribution in [1.29, 1.82) is 0 Å². The highest BCUT2D eigenvalue weighted by molar-refractivity contribution is 5.86. The second-order valence-electron chi connectivity index (χ2n) is 5.42. The Morgan fingerprint density at radius 3 is 2.18 bits per heavy atom. The highest BCUT2D eigenvalue weighted by atomic mass is 16.7. The van der Waals surface area contributed by atoms with E-state index < -0.39 is 17.9 Å². The zero-order chi connectivity index (χ0) is 20.5. The third-order valence-electron chi connectivity index (χ3n) is 3.73. The van der Waals surface area contributed by atoms with E-state index in [9.17, 15) is 19.2 Å². The molecule has 0 atom stereocenters. The Labute approximate surface area is 159 Å². The molecule has 0 saturated carbocycles. The molecule has 0 unspecified atom stereocenters. The number of aldehydes is 1. The van der Waals surface area contributed by atoms with E-state index in [0.717, 1.165) is 0 Å². The second kappa shape index (κ2) is 9.95. The summed E-state index contributed by atoms with van der Waals surface area (Å²) in [7, 11) is 2.40. The van der Waals surface area contributed by atoms with Crippen molar-refractivity contribution in [3.63, 3.8) is 0 Å². The number of hydrogen-bond acceptors (Lipinski definition) is 10. The van der Waals surface area contributed by atoms with Crippen LogP contribution in [-0.2, 0) is 18.9 Å². The Morgan fingerprint density at radius 1 is 1.04 bits per heavy atom. The van der Waals surface area contributed by atoms with Gasteiger partial charge in [0.15, 0.2) is 6.29 Å². The van der Waals surface area contributed by atoms with Gasteiger partial charge in [0.2, 0.25) is 0 Å². The molecule has 1 aromatic carbocycles. The van der Waals surface area contributed by atoms with Crippen LogP contribution in [0.3, 0.4) is 0 Å². The number of anilines is 1. The van der Waals surface area contributed by atoms with Gasteiger partial charge >= 0.3 is 17.9 Å². The average molecular weight is 393 g/mol.